The number of carbonyl (C=O) groups is 1. The highest BCUT2D eigenvalue weighted by Gasteiger charge is 2.09. The number of carboxylic acid groups (broad SMARTS) is 1. The Morgan fingerprint density at radius 2 is 1.56 bits per heavy atom. The van der Waals surface area contributed by atoms with E-state index >= 15 is 0 Å². The second-order valence-electron chi connectivity index (χ2n) is 3.03. The van der Waals surface area contributed by atoms with Gasteiger partial charge in [0, 0.05) is 6.61 Å². The van der Waals surface area contributed by atoms with Gasteiger partial charge in [-0.2, -0.15) is 0 Å². The average Bonchev–Trinajstić information content (AvgIpc) is 2.26. The molecule has 0 heterocycles. The Kier molecular flexibility index (Phi) is 10.3. The predicted octanol–water partition coefficient (Wildman–Crippen LogP) is -1.25. The summed E-state index contributed by atoms with van der Waals surface area (Å²) >= 11 is 0. The van der Waals surface area contributed by atoms with Gasteiger partial charge in [-0.05, 0) is 6.42 Å². The lowest BCUT2D eigenvalue weighted by Gasteiger charge is -2.07. The Balaban J connectivity index is 3.07. The Morgan fingerprint density at radius 3 is 2.06 bits per heavy atom. The van der Waals surface area contributed by atoms with Crippen molar-refractivity contribution in [1.29, 1.82) is 0 Å². The molecule has 0 aromatic rings. The number of hydrogen-bond donors (Lipinski definition) is 3. The maximum Gasteiger partial charge on any atom is 0.320 e. The first kappa shape index (κ1) is 15.3. The Labute approximate surface area is 94.6 Å². The molecule has 16 heavy (non-hydrogen) atoms. The molecular weight excluding hydrogens is 216 g/mol. The van der Waals surface area contributed by atoms with Gasteiger partial charge in [0.25, 0.3) is 0 Å². The molecule has 0 rings (SSSR count). The summed E-state index contributed by atoms with van der Waals surface area (Å²) in [4.78, 5) is 10.3. The maximum absolute atomic E-state index is 10.3. The van der Waals surface area contributed by atoms with Crippen molar-refractivity contribution in [1.82, 2.24) is 0 Å². The van der Waals surface area contributed by atoms with Crippen LogP contribution in [0.1, 0.15) is 6.42 Å². The van der Waals surface area contributed by atoms with E-state index in [0.717, 1.165) is 0 Å². The lowest BCUT2D eigenvalue weighted by molar-refractivity contribution is -0.139. The van der Waals surface area contributed by atoms with Crippen LogP contribution in [0.4, 0.5) is 0 Å². The van der Waals surface area contributed by atoms with Gasteiger partial charge in [0.15, 0.2) is 0 Å². The van der Waals surface area contributed by atoms with Crippen molar-refractivity contribution in [2.45, 2.75) is 12.5 Å². The van der Waals surface area contributed by atoms with E-state index in [-0.39, 0.29) is 6.73 Å². The molecule has 0 fully saturated rings. The number of nitrogens with two attached hydrogens (primary N) is 2. The van der Waals surface area contributed by atoms with Crippen molar-refractivity contribution in [2.75, 3.05) is 39.8 Å². The SMILES string of the molecule is NCOCCOCCOCCC(N)C(=O)O. The third-order valence-corrected chi connectivity index (χ3v) is 1.75. The second kappa shape index (κ2) is 10.8. The van der Waals surface area contributed by atoms with Crippen molar-refractivity contribution >= 4 is 5.97 Å². The zero-order valence-electron chi connectivity index (χ0n) is 9.26. The molecule has 96 valence electrons. The molecule has 0 aliphatic carbocycles. The molecule has 0 amide bonds. The summed E-state index contributed by atoms with van der Waals surface area (Å²) in [7, 11) is 0. The molecule has 0 spiro atoms. The highest BCUT2D eigenvalue weighted by Crippen LogP contribution is 1.89. The number of ether oxygens (including phenoxy) is 3. The number of aliphatic carboxylic acids is 1. The summed E-state index contributed by atoms with van der Waals surface area (Å²) in [6, 6.07) is -0.862. The van der Waals surface area contributed by atoms with Crippen LogP contribution in [0.3, 0.4) is 0 Å². The third kappa shape index (κ3) is 9.81. The van der Waals surface area contributed by atoms with Crippen LogP contribution >= 0.6 is 0 Å². The van der Waals surface area contributed by atoms with E-state index in [0.29, 0.717) is 39.5 Å². The molecule has 0 radical (unpaired) electrons. The fourth-order valence-corrected chi connectivity index (χ4v) is 0.857. The summed E-state index contributed by atoms with van der Waals surface area (Å²) in [6.07, 6.45) is 0.297. The molecule has 0 aliphatic heterocycles. The normalized spacial score (nSPS) is 12.6. The molecule has 0 aromatic heterocycles. The summed E-state index contributed by atoms with van der Waals surface area (Å²) in [5.74, 6) is -1.02. The van der Waals surface area contributed by atoms with E-state index < -0.39 is 12.0 Å². The van der Waals surface area contributed by atoms with Crippen LogP contribution in [0, 0.1) is 0 Å². The van der Waals surface area contributed by atoms with E-state index in [1.165, 1.54) is 0 Å². The fraction of sp³-hybridized carbons (Fsp3) is 0.889. The summed E-state index contributed by atoms with van der Waals surface area (Å²) in [6.45, 7) is 2.28. The molecule has 1 atom stereocenters. The Hall–Kier alpha value is -0.730. The fourth-order valence-electron chi connectivity index (χ4n) is 0.857. The summed E-state index contributed by atoms with van der Waals surface area (Å²) in [5.41, 5.74) is 10.4. The summed E-state index contributed by atoms with van der Waals surface area (Å²) in [5, 5.41) is 8.48. The highest BCUT2D eigenvalue weighted by molar-refractivity contribution is 5.72. The molecule has 0 saturated heterocycles. The topological polar surface area (TPSA) is 117 Å². The van der Waals surface area contributed by atoms with Gasteiger partial charge < -0.3 is 30.8 Å². The molecule has 7 heteroatoms. The quantitative estimate of drug-likeness (QED) is 0.303. The minimum Gasteiger partial charge on any atom is -0.480 e. The minimum atomic E-state index is -1.02. The van der Waals surface area contributed by atoms with Gasteiger partial charge in [-0.1, -0.05) is 0 Å². The van der Waals surface area contributed by atoms with Crippen LogP contribution in [0.2, 0.25) is 0 Å². The van der Waals surface area contributed by atoms with Crippen LogP contribution in [-0.2, 0) is 19.0 Å². The van der Waals surface area contributed by atoms with Gasteiger partial charge in [-0.3, -0.25) is 4.79 Å². The molecule has 7 nitrogen and oxygen atoms in total. The molecule has 1 unspecified atom stereocenters. The second-order valence-corrected chi connectivity index (χ2v) is 3.03. The van der Waals surface area contributed by atoms with Crippen LogP contribution in [0.25, 0.3) is 0 Å². The van der Waals surface area contributed by atoms with E-state index in [1.807, 2.05) is 0 Å². The van der Waals surface area contributed by atoms with E-state index in [2.05, 4.69) is 0 Å². The van der Waals surface area contributed by atoms with Gasteiger partial charge >= 0.3 is 5.97 Å². The van der Waals surface area contributed by atoms with Gasteiger partial charge in [-0.25, -0.2) is 0 Å². The first-order valence-electron chi connectivity index (χ1n) is 5.10. The maximum atomic E-state index is 10.3. The molecule has 0 saturated carbocycles. The molecule has 5 N–H and O–H groups in total. The lowest BCUT2D eigenvalue weighted by Crippen LogP contribution is -2.31. The standard InChI is InChI=1S/C9H20N2O5/c10-7-16-6-5-15-4-3-14-2-1-8(11)9(12)13/h8H,1-7,10-11H2,(H,12,13). The smallest absolute Gasteiger partial charge is 0.320 e. The van der Waals surface area contributed by atoms with Crippen molar-refractivity contribution in [3.05, 3.63) is 0 Å². The van der Waals surface area contributed by atoms with E-state index in [9.17, 15) is 4.79 Å². The van der Waals surface area contributed by atoms with Crippen LogP contribution in [0.5, 0.6) is 0 Å². The van der Waals surface area contributed by atoms with E-state index in [1.54, 1.807) is 0 Å². The Morgan fingerprint density at radius 1 is 1.06 bits per heavy atom. The Bertz CT molecular complexity index is 179. The van der Waals surface area contributed by atoms with Crippen molar-refractivity contribution in [2.24, 2.45) is 11.5 Å². The van der Waals surface area contributed by atoms with Crippen molar-refractivity contribution in [3.8, 4) is 0 Å². The first-order chi connectivity index (χ1) is 7.68. The van der Waals surface area contributed by atoms with Crippen molar-refractivity contribution in [3.63, 3.8) is 0 Å². The van der Waals surface area contributed by atoms with Gasteiger partial charge in [0.1, 0.15) is 6.04 Å². The number of carboxylic acids is 1. The molecular formula is C9H20N2O5. The third-order valence-electron chi connectivity index (χ3n) is 1.75. The largest absolute Gasteiger partial charge is 0.480 e. The molecule has 0 bridgehead atoms. The zero-order chi connectivity index (χ0) is 12.2. The van der Waals surface area contributed by atoms with E-state index in [4.69, 9.17) is 30.8 Å². The number of rotatable bonds is 11. The average molecular weight is 236 g/mol. The lowest BCUT2D eigenvalue weighted by atomic mass is 10.2. The molecule has 0 aliphatic rings. The van der Waals surface area contributed by atoms with Crippen molar-refractivity contribution < 1.29 is 24.1 Å². The minimum absolute atomic E-state index is 0.187. The van der Waals surface area contributed by atoms with Gasteiger partial charge in [0.05, 0.1) is 33.2 Å². The zero-order valence-corrected chi connectivity index (χ0v) is 9.26. The molecule has 0 aromatic carbocycles. The van der Waals surface area contributed by atoms with Crippen LogP contribution in [0.15, 0.2) is 0 Å². The highest BCUT2D eigenvalue weighted by atomic mass is 16.5. The van der Waals surface area contributed by atoms with Crippen LogP contribution in [-0.4, -0.2) is 56.9 Å². The summed E-state index contributed by atoms with van der Waals surface area (Å²) < 4.78 is 15.1. The van der Waals surface area contributed by atoms with Gasteiger partial charge in [-0.15, -0.1) is 0 Å². The monoisotopic (exact) mass is 236 g/mol. The number of hydrogen-bond acceptors (Lipinski definition) is 6. The first-order valence-corrected chi connectivity index (χ1v) is 5.10. The van der Waals surface area contributed by atoms with Gasteiger partial charge in [0.2, 0.25) is 0 Å². The van der Waals surface area contributed by atoms with Crippen LogP contribution < -0.4 is 11.5 Å². The predicted molar refractivity (Wildman–Crippen MR) is 56.9 cm³/mol.